The Balaban J connectivity index is 2.37. The highest BCUT2D eigenvalue weighted by atomic mass is 16.6. The van der Waals surface area contributed by atoms with Gasteiger partial charge in [0.2, 0.25) is 0 Å². The van der Waals surface area contributed by atoms with Crippen molar-refractivity contribution in [3.05, 3.63) is 34.5 Å². The minimum Gasteiger partial charge on any atom is -0.373 e. The molecule has 0 spiro atoms. The number of hydrogen-bond acceptors (Lipinski definition) is 4. The number of rotatable bonds is 4. The molecule has 90 valence electrons. The smallest absolute Gasteiger partial charge is 0.262 e. The Bertz CT molecular complexity index is 292. The van der Waals surface area contributed by atoms with E-state index in [1.54, 1.807) is 6.08 Å². The molecular formula is C11H18N2O3. The van der Waals surface area contributed by atoms with Crippen LogP contribution in [0.15, 0.2) is 24.4 Å². The van der Waals surface area contributed by atoms with Crippen LogP contribution in [0.2, 0.25) is 0 Å². The lowest BCUT2D eigenvalue weighted by atomic mass is 10.2. The van der Waals surface area contributed by atoms with E-state index in [0.717, 1.165) is 13.1 Å². The molecule has 16 heavy (non-hydrogen) atoms. The maximum Gasteiger partial charge on any atom is 0.262 e. The molecular weight excluding hydrogens is 208 g/mol. The van der Waals surface area contributed by atoms with Crippen molar-refractivity contribution in [3.8, 4) is 0 Å². The van der Waals surface area contributed by atoms with Gasteiger partial charge in [-0.1, -0.05) is 6.08 Å². The van der Waals surface area contributed by atoms with Crippen molar-refractivity contribution in [2.45, 2.75) is 26.1 Å². The second kappa shape index (κ2) is 5.77. The first-order valence-corrected chi connectivity index (χ1v) is 5.36. The van der Waals surface area contributed by atoms with Crippen molar-refractivity contribution in [2.24, 2.45) is 0 Å². The molecule has 5 nitrogen and oxygen atoms in total. The average Bonchev–Trinajstić information content (AvgIpc) is 2.15. The molecule has 1 aliphatic heterocycles. The molecule has 0 aromatic rings. The van der Waals surface area contributed by atoms with Gasteiger partial charge in [0.15, 0.2) is 0 Å². The summed E-state index contributed by atoms with van der Waals surface area (Å²) >= 11 is 0. The largest absolute Gasteiger partial charge is 0.373 e. The minimum atomic E-state index is -0.485. The lowest BCUT2D eigenvalue weighted by Gasteiger charge is -2.34. The van der Waals surface area contributed by atoms with E-state index in [9.17, 15) is 10.1 Å². The Morgan fingerprint density at radius 2 is 2.12 bits per heavy atom. The van der Waals surface area contributed by atoms with E-state index < -0.39 is 4.92 Å². The maximum absolute atomic E-state index is 10.3. The maximum atomic E-state index is 10.3. The predicted molar refractivity (Wildman–Crippen MR) is 61.7 cm³/mol. The van der Waals surface area contributed by atoms with E-state index in [-0.39, 0.29) is 17.9 Å². The summed E-state index contributed by atoms with van der Waals surface area (Å²) < 4.78 is 5.59. The summed E-state index contributed by atoms with van der Waals surface area (Å²) in [6.07, 6.45) is 3.66. The topological polar surface area (TPSA) is 55.6 Å². The summed E-state index contributed by atoms with van der Waals surface area (Å²) in [5.41, 5.74) is -0.0747. The molecule has 2 unspecified atom stereocenters. The van der Waals surface area contributed by atoms with Crippen LogP contribution in [0.3, 0.4) is 0 Å². The number of allylic oxidation sites excluding steroid dienone is 1. The average molecular weight is 226 g/mol. The van der Waals surface area contributed by atoms with E-state index in [2.05, 4.69) is 11.5 Å². The Hall–Kier alpha value is -1.20. The molecule has 0 bridgehead atoms. The number of ether oxygens (including phenoxy) is 1. The van der Waals surface area contributed by atoms with Gasteiger partial charge in [0.05, 0.1) is 17.1 Å². The van der Waals surface area contributed by atoms with Gasteiger partial charge in [-0.05, 0) is 20.4 Å². The third-order valence-electron chi connectivity index (χ3n) is 2.40. The second-order valence-electron chi connectivity index (χ2n) is 4.13. The third kappa shape index (κ3) is 4.12. The van der Waals surface area contributed by atoms with Crippen LogP contribution in [-0.2, 0) is 4.74 Å². The molecule has 2 atom stereocenters. The summed E-state index contributed by atoms with van der Waals surface area (Å²) in [6.45, 7) is 9.82. The molecule has 1 rings (SSSR count). The van der Waals surface area contributed by atoms with Crippen LogP contribution in [0, 0.1) is 10.1 Å². The molecule has 0 aliphatic carbocycles. The van der Waals surface area contributed by atoms with Gasteiger partial charge in [-0.25, -0.2) is 0 Å². The molecule has 0 aromatic carbocycles. The van der Waals surface area contributed by atoms with E-state index in [4.69, 9.17) is 4.74 Å². The summed E-state index contributed by atoms with van der Waals surface area (Å²) in [5.74, 6) is 0. The van der Waals surface area contributed by atoms with Crippen molar-refractivity contribution >= 4 is 0 Å². The van der Waals surface area contributed by atoms with Crippen LogP contribution in [0.5, 0.6) is 0 Å². The normalized spacial score (nSPS) is 27.1. The van der Waals surface area contributed by atoms with Gasteiger partial charge >= 0.3 is 0 Å². The molecule has 5 heteroatoms. The lowest BCUT2D eigenvalue weighted by molar-refractivity contribution is -0.418. The van der Waals surface area contributed by atoms with Gasteiger partial charge in [-0.2, -0.15) is 0 Å². The van der Waals surface area contributed by atoms with Gasteiger partial charge in [0.1, 0.15) is 0 Å². The third-order valence-corrected chi connectivity index (χ3v) is 2.40. The van der Waals surface area contributed by atoms with Gasteiger partial charge < -0.3 is 4.74 Å². The summed E-state index contributed by atoms with van der Waals surface area (Å²) in [6, 6.07) is 0. The van der Waals surface area contributed by atoms with E-state index in [0.29, 0.717) is 6.54 Å². The van der Waals surface area contributed by atoms with Gasteiger partial charge in [0, 0.05) is 25.7 Å². The first kappa shape index (κ1) is 12.9. The Labute approximate surface area is 95.5 Å². The summed E-state index contributed by atoms with van der Waals surface area (Å²) in [7, 11) is 0. The van der Waals surface area contributed by atoms with Crippen LogP contribution in [0.25, 0.3) is 0 Å². The van der Waals surface area contributed by atoms with Crippen molar-refractivity contribution < 1.29 is 9.66 Å². The highest BCUT2D eigenvalue weighted by Crippen LogP contribution is 2.10. The predicted octanol–water partition coefficient (Wildman–Crippen LogP) is 1.44. The SMILES string of the molecule is C=C(/C=C\CN1CC(C)OC(C)C1)[N+](=O)[O-]. The zero-order chi connectivity index (χ0) is 12.1. The number of nitrogens with zero attached hydrogens (tertiary/aromatic N) is 2. The second-order valence-corrected chi connectivity index (χ2v) is 4.13. The van der Waals surface area contributed by atoms with E-state index >= 15 is 0 Å². The molecule has 1 saturated heterocycles. The fourth-order valence-electron chi connectivity index (χ4n) is 1.83. The fraction of sp³-hybridized carbons (Fsp3) is 0.636. The van der Waals surface area contributed by atoms with Crippen LogP contribution < -0.4 is 0 Å². The highest BCUT2D eigenvalue weighted by Gasteiger charge is 2.20. The van der Waals surface area contributed by atoms with Crippen molar-refractivity contribution in [2.75, 3.05) is 19.6 Å². The zero-order valence-corrected chi connectivity index (χ0v) is 9.76. The van der Waals surface area contributed by atoms with E-state index in [1.165, 1.54) is 6.08 Å². The van der Waals surface area contributed by atoms with Crippen LogP contribution in [-0.4, -0.2) is 41.7 Å². The Morgan fingerprint density at radius 3 is 2.62 bits per heavy atom. The molecule has 0 aromatic heterocycles. The fourth-order valence-corrected chi connectivity index (χ4v) is 1.83. The molecule has 0 N–H and O–H groups in total. The van der Waals surface area contributed by atoms with Gasteiger partial charge in [0.25, 0.3) is 5.70 Å². The minimum absolute atomic E-state index is 0.0747. The summed E-state index contributed by atoms with van der Waals surface area (Å²) in [5, 5.41) is 10.3. The van der Waals surface area contributed by atoms with E-state index in [1.807, 2.05) is 13.8 Å². The van der Waals surface area contributed by atoms with Gasteiger partial charge in [-0.3, -0.25) is 15.0 Å². The molecule has 0 amide bonds. The van der Waals surface area contributed by atoms with Crippen LogP contribution >= 0.6 is 0 Å². The monoisotopic (exact) mass is 226 g/mol. The quantitative estimate of drug-likeness (QED) is 0.413. The highest BCUT2D eigenvalue weighted by molar-refractivity contribution is 5.06. The number of nitro groups is 1. The van der Waals surface area contributed by atoms with Gasteiger partial charge in [-0.15, -0.1) is 0 Å². The Kier molecular flexibility index (Phi) is 4.64. The molecule has 0 saturated carbocycles. The summed E-state index contributed by atoms with van der Waals surface area (Å²) in [4.78, 5) is 12.0. The zero-order valence-electron chi connectivity index (χ0n) is 9.76. The molecule has 1 aliphatic rings. The Morgan fingerprint density at radius 1 is 1.56 bits per heavy atom. The molecule has 1 heterocycles. The van der Waals surface area contributed by atoms with Crippen LogP contribution in [0.4, 0.5) is 0 Å². The van der Waals surface area contributed by atoms with Crippen LogP contribution in [0.1, 0.15) is 13.8 Å². The molecule has 1 fully saturated rings. The van der Waals surface area contributed by atoms with Crippen molar-refractivity contribution in [1.82, 2.24) is 4.90 Å². The molecule has 0 radical (unpaired) electrons. The van der Waals surface area contributed by atoms with Crippen molar-refractivity contribution in [1.29, 1.82) is 0 Å². The lowest BCUT2D eigenvalue weighted by Crippen LogP contribution is -2.45. The first-order chi connectivity index (χ1) is 7.49. The number of hydrogen-bond donors (Lipinski definition) is 0. The first-order valence-electron chi connectivity index (χ1n) is 5.36. The number of morpholine rings is 1. The van der Waals surface area contributed by atoms with Crippen molar-refractivity contribution in [3.63, 3.8) is 0 Å². The standard InChI is InChI=1S/C11H18N2O3/c1-9(13(14)15)5-4-6-12-7-10(2)16-11(3)8-12/h4-5,10-11H,1,6-8H2,2-3H3/b5-4-.